The highest BCUT2D eigenvalue weighted by Crippen LogP contribution is 2.25. The van der Waals surface area contributed by atoms with Crippen LogP contribution in [-0.4, -0.2) is 51.4 Å². The Bertz CT molecular complexity index is 516. The fraction of sp³-hybridized carbons (Fsp3) is 0.467. The van der Waals surface area contributed by atoms with E-state index in [-0.39, 0.29) is 0 Å². The molecule has 0 fully saturated rings. The second kappa shape index (κ2) is 9.83. The van der Waals surface area contributed by atoms with E-state index in [2.05, 4.69) is 10.6 Å². The second-order valence-electron chi connectivity index (χ2n) is 4.56. The molecule has 0 heterocycles. The Morgan fingerprint density at radius 3 is 2.22 bits per heavy atom. The Hall–Kier alpha value is -2.09. The van der Waals surface area contributed by atoms with Crippen LogP contribution < -0.4 is 20.1 Å². The van der Waals surface area contributed by atoms with Gasteiger partial charge in [0.05, 0.1) is 21.3 Å². The van der Waals surface area contributed by atoms with Crippen molar-refractivity contribution in [1.29, 1.82) is 0 Å². The Kier molecular flexibility index (Phi) is 8.10. The molecule has 0 bridgehead atoms. The maximum Gasteiger partial charge on any atom is 0.328 e. The van der Waals surface area contributed by atoms with E-state index >= 15 is 0 Å². The molecule has 0 saturated heterocycles. The number of hydrogen-bond acceptors (Lipinski definition) is 6. The first-order chi connectivity index (χ1) is 11.0. The molecule has 0 radical (unpaired) electrons. The molecule has 1 aromatic carbocycles. The summed E-state index contributed by atoms with van der Waals surface area (Å²) in [6.45, 7) is 0. The van der Waals surface area contributed by atoms with Crippen LogP contribution in [0.3, 0.4) is 0 Å². The summed E-state index contributed by atoms with van der Waals surface area (Å²) in [6, 6.07) is 3.80. The van der Waals surface area contributed by atoms with Gasteiger partial charge in [0.25, 0.3) is 0 Å². The Balaban J connectivity index is 2.75. The van der Waals surface area contributed by atoms with Gasteiger partial charge in [0.15, 0.2) is 0 Å². The van der Waals surface area contributed by atoms with Gasteiger partial charge in [-0.2, -0.15) is 11.8 Å². The maximum atomic E-state index is 12.1. The summed E-state index contributed by atoms with van der Waals surface area (Å²) in [6.07, 6.45) is 2.42. The Labute approximate surface area is 140 Å². The summed E-state index contributed by atoms with van der Waals surface area (Å²) in [5, 5.41) is 5.26. The molecule has 0 spiro atoms. The summed E-state index contributed by atoms with van der Waals surface area (Å²) in [5.41, 5.74) is 0.493. The summed E-state index contributed by atoms with van der Waals surface area (Å²) in [7, 11) is 4.34. The molecule has 0 saturated carbocycles. The lowest BCUT2D eigenvalue weighted by Crippen LogP contribution is -2.44. The number of esters is 1. The van der Waals surface area contributed by atoms with E-state index in [1.165, 1.54) is 21.3 Å². The molecule has 0 unspecified atom stereocenters. The smallest absolute Gasteiger partial charge is 0.328 e. The molecular weight excluding hydrogens is 320 g/mol. The third-order valence-electron chi connectivity index (χ3n) is 3.01. The highest BCUT2D eigenvalue weighted by atomic mass is 32.2. The lowest BCUT2D eigenvalue weighted by atomic mass is 10.2. The Morgan fingerprint density at radius 1 is 1.13 bits per heavy atom. The number of ether oxygens (including phenoxy) is 3. The highest BCUT2D eigenvalue weighted by Gasteiger charge is 2.21. The predicted octanol–water partition coefficient (Wildman–Crippen LogP) is 2.12. The van der Waals surface area contributed by atoms with Gasteiger partial charge < -0.3 is 24.8 Å². The summed E-state index contributed by atoms with van der Waals surface area (Å²) in [5.74, 6) is 1.35. The first kappa shape index (κ1) is 19.0. The number of urea groups is 1. The molecule has 8 heteroatoms. The van der Waals surface area contributed by atoms with E-state index in [4.69, 9.17) is 14.2 Å². The van der Waals surface area contributed by atoms with Crippen LogP contribution in [0.5, 0.6) is 11.5 Å². The number of rotatable bonds is 8. The van der Waals surface area contributed by atoms with Gasteiger partial charge in [-0.05, 0) is 18.4 Å². The average molecular weight is 342 g/mol. The third kappa shape index (κ3) is 6.27. The second-order valence-corrected chi connectivity index (χ2v) is 5.54. The van der Waals surface area contributed by atoms with E-state index in [1.54, 1.807) is 30.0 Å². The number of amides is 2. The normalized spacial score (nSPS) is 11.3. The van der Waals surface area contributed by atoms with Crippen molar-refractivity contribution in [2.75, 3.05) is 38.7 Å². The number of methoxy groups -OCH3 is 3. The zero-order valence-corrected chi connectivity index (χ0v) is 14.5. The fourth-order valence-corrected chi connectivity index (χ4v) is 2.30. The average Bonchev–Trinajstić information content (AvgIpc) is 2.57. The third-order valence-corrected chi connectivity index (χ3v) is 3.65. The number of hydrogen-bond donors (Lipinski definition) is 2. The monoisotopic (exact) mass is 342 g/mol. The van der Waals surface area contributed by atoms with Crippen molar-refractivity contribution in [3.05, 3.63) is 18.2 Å². The lowest BCUT2D eigenvalue weighted by molar-refractivity contribution is -0.142. The summed E-state index contributed by atoms with van der Waals surface area (Å²) >= 11 is 1.59. The van der Waals surface area contributed by atoms with Crippen molar-refractivity contribution in [2.45, 2.75) is 12.5 Å². The molecular formula is C15H22N2O5S. The standard InChI is InChI=1S/C15H22N2O5S/c1-20-11-7-10(8-12(9-11)21-2)16-15(19)17-13(5-6-23-4)14(18)22-3/h7-9,13H,5-6H2,1-4H3,(H2,16,17,19)/t13-/m0/s1. The van der Waals surface area contributed by atoms with E-state index < -0.39 is 18.0 Å². The van der Waals surface area contributed by atoms with Gasteiger partial charge in [-0.3, -0.25) is 0 Å². The number of carbonyl (C=O) groups is 2. The Morgan fingerprint density at radius 2 is 1.74 bits per heavy atom. The molecule has 0 aliphatic carbocycles. The van der Waals surface area contributed by atoms with Crippen molar-refractivity contribution in [1.82, 2.24) is 5.32 Å². The van der Waals surface area contributed by atoms with Crippen LogP contribution in [0.2, 0.25) is 0 Å². The van der Waals surface area contributed by atoms with Crippen LogP contribution in [0.4, 0.5) is 10.5 Å². The van der Waals surface area contributed by atoms with Crippen LogP contribution in [0, 0.1) is 0 Å². The molecule has 2 N–H and O–H groups in total. The van der Waals surface area contributed by atoms with Gasteiger partial charge in [0, 0.05) is 23.9 Å². The summed E-state index contributed by atoms with van der Waals surface area (Å²) in [4.78, 5) is 23.8. The SMILES string of the molecule is COC(=O)[C@H](CCSC)NC(=O)Nc1cc(OC)cc(OC)c1. The van der Waals surface area contributed by atoms with Gasteiger partial charge in [-0.15, -0.1) is 0 Å². The fourth-order valence-electron chi connectivity index (χ4n) is 1.83. The van der Waals surface area contributed by atoms with Crippen molar-refractivity contribution in [2.24, 2.45) is 0 Å². The lowest BCUT2D eigenvalue weighted by Gasteiger charge is -2.17. The molecule has 1 rings (SSSR count). The first-order valence-electron chi connectivity index (χ1n) is 6.91. The molecule has 128 valence electrons. The van der Waals surface area contributed by atoms with Crippen molar-refractivity contribution >= 4 is 29.4 Å². The van der Waals surface area contributed by atoms with E-state index in [0.29, 0.717) is 23.6 Å². The highest BCUT2D eigenvalue weighted by molar-refractivity contribution is 7.98. The van der Waals surface area contributed by atoms with E-state index in [1.807, 2.05) is 6.26 Å². The number of anilines is 1. The molecule has 23 heavy (non-hydrogen) atoms. The maximum absolute atomic E-state index is 12.1. The van der Waals surface area contributed by atoms with Crippen molar-refractivity contribution in [3.63, 3.8) is 0 Å². The van der Waals surface area contributed by atoms with Crippen molar-refractivity contribution < 1.29 is 23.8 Å². The zero-order chi connectivity index (χ0) is 17.2. The molecule has 7 nitrogen and oxygen atoms in total. The van der Waals surface area contributed by atoms with Crippen molar-refractivity contribution in [3.8, 4) is 11.5 Å². The molecule has 2 amide bonds. The van der Waals surface area contributed by atoms with Crippen LogP contribution in [-0.2, 0) is 9.53 Å². The minimum Gasteiger partial charge on any atom is -0.497 e. The number of nitrogens with one attached hydrogen (secondary N) is 2. The van der Waals surface area contributed by atoms with E-state index in [9.17, 15) is 9.59 Å². The van der Waals surface area contributed by atoms with Gasteiger partial charge in [0.2, 0.25) is 0 Å². The number of thioether (sulfide) groups is 1. The quantitative estimate of drug-likeness (QED) is 0.704. The minimum absolute atomic E-state index is 0.475. The van der Waals surface area contributed by atoms with Crippen LogP contribution in [0.15, 0.2) is 18.2 Å². The van der Waals surface area contributed by atoms with E-state index in [0.717, 1.165) is 5.75 Å². The molecule has 1 atom stereocenters. The molecule has 0 aromatic heterocycles. The number of carbonyl (C=O) groups excluding carboxylic acids is 2. The number of benzene rings is 1. The van der Waals surface area contributed by atoms with Gasteiger partial charge in [-0.25, -0.2) is 9.59 Å². The molecule has 0 aliphatic heterocycles. The zero-order valence-electron chi connectivity index (χ0n) is 13.7. The predicted molar refractivity (Wildman–Crippen MR) is 90.5 cm³/mol. The van der Waals surface area contributed by atoms with Gasteiger partial charge in [0.1, 0.15) is 17.5 Å². The van der Waals surface area contributed by atoms with Crippen LogP contribution in [0.1, 0.15) is 6.42 Å². The minimum atomic E-state index is -0.694. The summed E-state index contributed by atoms with van der Waals surface area (Å²) < 4.78 is 15.0. The first-order valence-corrected chi connectivity index (χ1v) is 8.30. The molecule has 0 aliphatic rings. The molecule has 1 aromatic rings. The van der Waals surface area contributed by atoms with Crippen LogP contribution >= 0.6 is 11.8 Å². The van der Waals surface area contributed by atoms with Gasteiger partial charge in [-0.1, -0.05) is 0 Å². The van der Waals surface area contributed by atoms with Crippen LogP contribution in [0.25, 0.3) is 0 Å². The largest absolute Gasteiger partial charge is 0.497 e. The topological polar surface area (TPSA) is 85.9 Å². The van der Waals surface area contributed by atoms with Gasteiger partial charge >= 0.3 is 12.0 Å².